The number of imide groups is 1. The van der Waals surface area contributed by atoms with Crippen molar-refractivity contribution >= 4 is 39.8 Å². The molecule has 4 heteroatoms. The molecule has 0 bridgehead atoms. The molecule has 0 saturated carbocycles. The summed E-state index contributed by atoms with van der Waals surface area (Å²) in [6, 6.07) is 44.4. The van der Waals surface area contributed by atoms with Crippen molar-refractivity contribution in [2.75, 3.05) is 4.90 Å². The van der Waals surface area contributed by atoms with Crippen molar-refractivity contribution in [2.24, 2.45) is 0 Å². The molecule has 0 aliphatic rings. The molecule has 0 atom stereocenters. The Kier molecular flexibility index (Phi) is 7.11. The summed E-state index contributed by atoms with van der Waals surface area (Å²) in [7, 11) is 0. The average Bonchev–Trinajstić information content (AvgIpc) is 3.38. The van der Waals surface area contributed by atoms with E-state index in [-0.39, 0.29) is 5.91 Å². The van der Waals surface area contributed by atoms with Gasteiger partial charge in [-0.05, 0) is 67.8 Å². The normalized spacial score (nSPS) is 11.2. The number of benzene rings is 6. The van der Waals surface area contributed by atoms with Gasteiger partial charge in [-0.1, -0.05) is 114 Å². The summed E-state index contributed by atoms with van der Waals surface area (Å²) in [5.41, 5.74) is 10.3. The van der Waals surface area contributed by atoms with Crippen molar-refractivity contribution in [2.45, 2.75) is 20.8 Å². The van der Waals surface area contributed by atoms with E-state index in [4.69, 9.17) is 0 Å². The van der Waals surface area contributed by atoms with Crippen LogP contribution < -0.4 is 4.90 Å². The lowest BCUT2D eigenvalue weighted by Crippen LogP contribution is -2.32. The van der Waals surface area contributed by atoms with Crippen molar-refractivity contribution in [3.05, 3.63) is 156 Å². The van der Waals surface area contributed by atoms with E-state index < -0.39 is 0 Å². The summed E-state index contributed by atoms with van der Waals surface area (Å²) in [5, 5.41) is 2.25. The van der Waals surface area contributed by atoms with E-state index in [1.807, 2.05) is 104 Å². The van der Waals surface area contributed by atoms with Crippen LogP contribution in [0.2, 0.25) is 0 Å². The number of aryl methyl sites for hydroxylation is 3. The zero-order valence-electron chi connectivity index (χ0n) is 25.5. The summed E-state index contributed by atoms with van der Waals surface area (Å²) in [6.45, 7) is 6.12. The number of anilines is 1. The van der Waals surface area contributed by atoms with E-state index in [1.165, 1.54) is 16.0 Å². The highest BCUT2D eigenvalue weighted by Crippen LogP contribution is 2.41. The van der Waals surface area contributed by atoms with Crippen LogP contribution in [0.3, 0.4) is 0 Å². The summed E-state index contributed by atoms with van der Waals surface area (Å²) >= 11 is 0. The molecule has 1 aromatic heterocycles. The van der Waals surface area contributed by atoms with E-state index in [1.54, 1.807) is 0 Å². The number of fused-ring (bicyclic) bond motifs is 3. The van der Waals surface area contributed by atoms with E-state index in [2.05, 4.69) is 54.8 Å². The summed E-state index contributed by atoms with van der Waals surface area (Å²) in [5.74, 6) is -0.382. The lowest BCUT2D eigenvalue weighted by atomic mass is 9.94. The largest absolute Gasteiger partial charge is 0.308 e. The number of amides is 2. The van der Waals surface area contributed by atoms with Gasteiger partial charge in [0.2, 0.25) is 6.41 Å². The fraction of sp³-hybridized carbons (Fsp3) is 0.0732. The van der Waals surface area contributed by atoms with Crippen LogP contribution in [-0.2, 0) is 4.79 Å². The van der Waals surface area contributed by atoms with Crippen LogP contribution in [0.4, 0.5) is 5.69 Å². The first-order chi connectivity index (χ1) is 22.0. The number of rotatable bonds is 6. The minimum absolute atomic E-state index is 0.382. The van der Waals surface area contributed by atoms with E-state index in [9.17, 15) is 9.59 Å². The third-order valence-electron chi connectivity index (χ3n) is 8.55. The predicted octanol–water partition coefficient (Wildman–Crippen LogP) is 9.85. The molecule has 7 aromatic rings. The van der Waals surface area contributed by atoms with Crippen LogP contribution in [0, 0.1) is 20.8 Å². The lowest BCUT2D eigenvalue weighted by Gasteiger charge is -2.25. The molecule has 0 unspecified atom stereocenters. The molecule has 0 N–H and O–H groups in total. The SMILES string of the molecule is Cc1ccc2c(c1)c1cc(C)ccc1n2-c1cccc(C)c1C(=O)N(C=O)c1c(-c2ccccc2)cccc1-c1ccccc1. The molecule has 0 aliphatic carbocycles. The summed E-state index contributed by atoms with van der Waals surface area (Å²) in [6.07, 6.45) is 0.658. The fourth-order valence-electron chi connectivity index (χ4n) is 6.45. The average molecular weight is 585 g/mol. The molecule has 0 fully saturated rings. The molecule has 218 valence electrons. The summed E-state index contributed by atoms with van der Waals surface area (Å²) < 4.78 is 2.16. The van der Waals surface area contributed by atoms with Crippen molar-refractivity contribution < 1.29 is 9.59 Å². The molecular weight excluding hydrogens is 552 g/mol. The van der Waals surface area contributed by atoms with Crippen molar-refractivity contribution in [3.63, 3.8) is 0 Å². The molecular formula is C41H32N2O2. The Hall–Kier alpha value is -5.74. The number of para-hydroxylation sites is 1. The van der Waals surface area contributed by atoms with Gasteiger partial charge in [-0.25, -0.2) is 4.90 Å². The third-order valence-corrected chi connectivity index (χ3v) is 8.55. The molecule has 7 rings (SSSR count). The van der Waals surface area contributed by atoms with Gasteiger partial charge in [-0.3, -0.25) is 9.59 Å². The zero-order chi connectivity index (χ0) is 31.1. The molecule has 1 heterocycles. The highest BCUT2D eigenvalue weighted by atomic mass is 16.2. The van der Waals surface area contributed by atoms with E-state index >= 15 is 0 Å². The van der Waals surface area contributed by atoms with Crippen LogP contribution in [0.5, 0.6) is 0 Å². The van der Waals surface area contributed by atoms with Crippen molar-refractivity contribution in [3.8, 4) is 27.9 Å². The van der Waals surface area contributed by atoms with Crippen LogP contribution in [-0.4, -0.2) is 16.9 Å². The van der Waals surface area contributed by atoms with Crippen LogP contribution in [0.1, 0.15) is 27.0 Å². The molecule has 6 aromatic carbocycles. The van der Waals surface area contributed by atoms with Crippen molar-refractivity contribution in [1.82, 2.24) is 4.57 Å². The molecule has 2 amide bonds. The van der Waals surface area contributed by atoms with Gasteiger partial charge < -0.3 is 4.57 Å². The number of carbonyl (C=O) groups excluding carboxylic acids is 2. The number of aromatic nitrogens is 1. The Morgan fingerprint density at radius 3 is 1.62 bits per heavy atom. The van der Waals surface area contributed by atoms with Crippen LogP contribution in [0.25, 0.3) is 49.7 Å². The Morgan fingerprint density at radius 1 is 0.600 bits per heavy atom. The van der Waals surface area contributed by atoms with Crippen LogP contribution >= 0.6 is 0 Å². The molecule has 0 saturated heterocycles. The first-order valence-corrected chi connectivity index (χ1v) is 15.1. The molecule has 45 heavy (non-hydrogen) atoms. The highest BCUT2D eigenvalue weighted by molar-refractivity contribution is 6.22. The van der Waals surface area contributed by atoms with Crippen molar-refractivity contribution in [1.29, 1.82) is 0 Å². The van der Waals surface area contributed by atoms with Gasteiger partial charge >= 0.3 is 0 Å². The second kappa shape index (κ2) is 11.4. The second-order valence-corrected chi connectivity index (χ2v) is 11.6. The third kappa shape index (κ3) is 4.81. The molecule has 4 nitrogen and oxygen atoms in total. The number of hydrogen-bond donors (Lipinski definition) is 0. The topological polar surface area (TPSA) is 42.3 Å². The van der Waals surface area contributed by atoms with Gasteiger partial charge in [0.15, 0.2) is 0 Å². The van der Waals surface area contributed by atoms with Gasteiger partial charge in [-0.15, -0.1) is 0 Å². The predicted molar refractivity (Wildman–Crippen MR) is 185 cm³/mol. The molecule has 0 radical (unpaired) electrons. The Labute approximate surface area is 262 Å². The first kappa shape index (κ1) is 28.1. The molecule has 0 aliphatic heterocycles. The quantitative estimate of drug-likeness (QED) is 0.183. The van der Waals surface area contributed by atoms with Gasteiger partial charge in [0.25, 0.3) is 5.91 Å². The first-order valence-electron chi connectivity index (χ1n) is 15.1. The minimum Gasteiger partial charge on any atom is -0.308 e. The molecule has 0 spiro atoms. The number of hydrogen-bond acceptors (Lipinski definition) is 2. The Balaban J connectivity index is 1.49. The van der Waals surface area contributed by atoms with E-state index in [0.717, 1.165) is 55.3 Å². The number of carbonyl (C=O) groups is 2. The monoisotopic (exact) mass is 584 g/mol. The standard InChI is InChI=1S/C41H32N2O2/c1-27-20-22-36-34(24-27)35-25-28(2)21-23-37(35)43(36)38-19-10-12-29(3)39(38)41(45)42(26-44)40-32(30-13-6-4-7-14-30)17-11-18-33(40)31-15-8-5-9-16-31/h4-26H,1-3H3. The maximum atomic E-state index is 14.9. The maximum Gasteiger partial charge on any atom is 0.267 e. The smallest absolute Gasteiger partial charge is 0.267 e. The highest BCUT2D eigenvalue weighted by Gasteiger charge is 2.28. The maximum absolute atomic E-state index is 14.9. The number of nitrogens with zero attached hydrogens (tertiary/aromatic N) is 2. The second-order valence-electron chi connectivity index (χ2n) is 11.6. The van der Waals surface area contributed by atoms with E-state index in [0.29, 0.717) is 17.7 Å². The minimum atomic E-state index is -0.382. The fourth-order valence-corrected chi connectivity index (χ4v) is 6.45. The summed E-state index contributed by atoms with van der Waals surface area (Å²) in [4.78, 5) is 29.4. The van der Waals surface area contributed by atoms with Gasteiger partial charge in [0.05, 0.1) is 28.0 Å². The Morgan fingerprint density at radius 2 is 1.11 bits per heavy atom. The lowest BCUT2D eigenvalue weighted by molar-refractivity contribution is -0.106. The van der Waals surface area contributed by atoms with Crippen LogP contribution in [0.15, 0.2) is 133 Å². The van der Waals surface area contributed by atoms with Gasteiger partial charge in [-0.2, -0.15) is 0 Å². The van der Waals surface area contributed by atoms with Gasteiger partial charge in [0.1, 0.15) is 0 Å². The zero-order valence-corrected chi connectivity index (χ0v) is 25.5. The Bertz CT molecular complexity index is 2110. The van der Waals surface area contributed by atoms with Gasteiger partial charge in [0, 0.05) is 21.9 Å².